The number of carbonyl (C=O) groups is 1. The summed E-state index contributed by atoms with van der Waals surface area (Å²) in [7, 11) is 1.79. The number of aromatic nitrogens is 2. The van der Waals surface area contributed by atoms with Crippen LogP contribution in [0.5, 0.6) is 0 Å². The first-order chi connectivity index (χ1) is 8.70. The molecule has 0 spiro atoms. The summed E-state index contributed by atoms with van der Waals surface area (Å²) in [5, 5.41) is 8.59. The molecule has 92 valence electrons. The predicted octanol–water partition coefficient (Wildman–Crippen LogP) is 1.04. The average molecular weight is 260 g/mol. The number of hydrogen-bond donors (Lipinski definition) is 2. The fraction of sp³-hybridized carbons (Fsp3) is 0.167. The van der Waals surface area contributed by atoms with Gasteiger partial charge >= 0.3 is 0 Å². The van der Waals surface area contributed by atoms with Crippen molar-refractivity contribution in [2.24, 2.45) is 12.8 Å². The standard InChI is InChI=1S/C12H12N4OS/c1-16-8-10(7-14-16)15-12(17)11-9(3-2-5-13)4-6-18-11/h4,6-8H,5,13H2,1H3,(H,15,17). The van der Waals surface area contributed by atoms with Gasteiger partial charge in [0.1, 0.15) is 4.88 Å². The maximum absolute atomic E-state index is 12.0. The number of rotatable bonds is 2. The van der Waals surface area contributed by atoms with Gasteiger partial charge in [-0.15, -0.1) is 11.3 Å². The molecular weight excluding hydrogens is 248 g/mol. The molecule has 0 unspecified atom stereocenters. The number of nitrogens with one attached hydrogen (secondary N) is 1. The second kappa shape index (κ2) is 5.49. The molecule has 1 amide bonds. The molecule has 5 nitrogen and oxygen atoms in total. The van der Waals surface area contributed by atoms with Gasteiger partial charge in [0, 0.05) is 18.8 Å². The molecule has 0 aliphatic carbocycles. The summed E-state index contributed by atoms with van der Waals surface area (Å²) in [6.07, 6.45) is 3.33. The monoisotopic (exact) mass is 260 g/mol. The van der Waals surface area contributed by atoms with Gasteiger partial charge in [0.2, 0.25) is 0 Å². The topological polar surface area (TPSA) is 72.9 Å². The molecule has 0 saturated carbocycles. The minimum atomic E-state index is -0.181. The van der Waals surface area contributed by atoms with E-state index in [9.17, 15) is 4.79 Å². The van der Waals surface area contributed by atoms with Crippen molar-refractivity contribution in [1.29, 1.82) is 0 Å². The van der Waals surface area contributed by atoms with Crippen molar-refractivity contribution in [2.75, 3.05) is 11.9 Å². The van der Waals surface area contributed by atoms with Gasteiger partial charge < -0.3 is 11.1 Å². The van der Waals surface area contributed by atoms with Crippen LogP contribution in [0.3, 0.4) is 0 Å². The molecule has 6 heteroatoms. The molecule has 0 aromatic carbocycles. The van der Waals surface area contributed by atoms with E-state index in [0.717, 1.165) is 0 Å². The van der Waals surface area contributed by atoms with E-state index in [-0.39, 0.29) is 12.5 Å². The SMILES string of the molecule is Cn1cc(NC(=O)c2sccc2C#CCN)cn1. The normalized spacial score (nSPS) is 9.67. The summed E-state index contributed by atoms with van der Waals surface area (Å²) in [6, 6.07) is 1.81. The molecule has 2 aromatic rings. The Kier molecular flexibility index (Phi) is 3.77. The predicted molar refractivity (Wildman–Crippen MR) is 71.4 cm³/mol. The molecule has 3 N–H and O–H groups in total. The number of aryl methyl sites for hydroxylation is 1. The van der Waals surface area contributed by atoms with Crippen molar-refractivity contribution < 1.29 is 4.79 Å². The van der Waals surface area contributed by atoms with E-state index >= 15 is 0 Å². The van der Waals surface area contributed by atoms with Gasteiger partial charge in [-0.3, -0.25) is 9.48 Å². The van der Waals surface area contributed by atoms with E-state index in [2.05, 4.69) is 22.3 Å². The second-order valence-corrected chi connectivity index (χ2v) is 4.44. The van der Waals surface area contributed by atoms with Gasteiger partial charge in [-0.05, 0) is 11.4 Å². The fourth-order valence-corrected chi connectivity index (χ4v) is 2.15. The van der Waals surface area contributed by atoms with Crippen LogP contribution in [-0.2, 0) is 7.05 Å². The first kappa shape index (κ1) is 12.4. The Morgan fingerprint density at radius 3 is 3.17 bits per heavy atom. The minimum Gasteiger partial charge on any atom is -0.320 e. The third-order valence-electron chi connectivity index (χ3n) is 2.16. The summed E-state index contributed by atoms with van der Waals surface area (Å²) in [5.41, 5.74) is 6.68. The molecule has 0 atom stereocenters. The zero-order chi connectivity index (χ0) is 13.0. The number of thiophene rings is 1. The van der Waals surface area contributed by atoms with Crippen LogP contribution in [0.1, 0.15) is 15.2 Å². The average Bonchev–Trinajstić information content (AvgIpc) is 2.95. The number of carbonyl (C=O) groups excluding carboxylic acids is 1. The Hall–Kier alpha value is -2.10. The van der Waals surface area contributed by atoms with E-state index in [1.165, 1.54) is 11.3 Å². The Bertz CT molecular complexity index is 617. The maximum atomic E-state index is 12.0. The largest absolute Gasteiger partial charge is 0.320 e. The van der Waals surface area contributed by atoms with Crippen LogP contribution in [0.4, 0.5) is 5.69 Å². The molecule has 0 radical (unpaired) electrons. The molecule has 2 aromatic heterocycles. The molecule has 18 heavy (non-hydrogen) atoms. The Morgan fingerprint density at radius 2 is 2.50 bits per heavy atom. The number of hydrogen-bond acceptors (Lipinski definition) is 4. The summed E-state index contributed by atoms with van der Waals surface area (Å²) >= 11 is 1.35. The van der Waals surface area contributed by atoms with Crippen LogP contribution in [-0.4, -0.2) is 22.2 Å². The van der Waals surface area contributed by atoms with E-state index < -0.39 is 0 Å². The lowest BCUT2D eigenvalue weighted by Crippen LogP contribution is -2.11. The molecule has 2 heterocycles. The lowest BCUT2D eigenvalue weighted by molar-refractivity contribution is 0.103. The lowest BCUT2D eigenvalue weighted by atomic mass is 10.2. The molecule has 2 rings (SSSR count). The summed E-state index contributed by atoms with van der Waals surface area (Å²) in [6.45, 7) is 0.277. The van der Waals surface area contributed by atoms with Gasteiger partial charge in [0.05, 0.1) is 18.4 Å². The third-order valence-corrected chi connectivity index (χ3v) is 3.07. The van der Waals surface area contributed by atoms with Crippen molar-refractivity contribution >= 4 is 22.9 Å². The summed E-state index contributed by atoms with van der Waals surface area (Å²) < 4.78 is 1.62. The van der Waals surface area contributed by atoms with Crippen LogP contribution >= 0.6 is 11.3 Å². The van der Waals surface area contributed by atoms with Crippen molar-refractivity contribution in [2.45, 2.75) is 0 Å². The molecule has 0 fully saturated rings. The number of anilines is 1. The Balaban J connectivity index is 2.16. The molecule has 0 saturated heterocycles. The first-order valence-corrected chi connectivity index (χ1v) is 6.15. The molecule has 0 bridgehead atoms. The van der Waals surface area contributed by atoms with Gasteiger partial charge in [-0.1, -0.05) is 11.8 Å². The first-order valence-electron chi connectivity index (χ1n) is 5.27. The van der Waals surface area contributed by atoms with Crippen molar-refractivity contribution in [3.05, 3.63) is 34.3 Å². The van der Waals surface area contributed by atoms with E-state index in [1.807, 2.05) is 11.4 Å². The van der Waals surface area contributed by atoms with Gasteiger partial charge in [0.15, 0.2) is 0 Å². The zero-order valence-electron chi connectivity index (χ0n) is 9.80. The van der Waals surface area contributed by atoms with Crippen molar-refractivity contribution in [3.63, 3.8) is 0 Å². The van der Waals surface area contributed by atoms with Crippen LogP contribution in [0.2, 0.25) is 0 Å². The van der Waals surface area contributed by atoms with Crippen molar-refractivity contribution in [3.8, 4) is 11.8 Å². The highest BCUT2D eigenvalue weighted by molar-refractivity contribution is 7.12. The highest BCUT2D eigenvalue weighted by Gasteiger charge is 2.12. The summed E-state index contributed by atoms with van der Waals surface area (Å²) in [5.74, 6) is 5.44. The lowest BCUT2D eigenvalue weighted by Gasteiger charge is -2.00. The molecular formula is C12H12N4OS. The van der Waals surface area contributed by atoms with Gasteiger partial charge in [-0.25, -0.2) is 0 Å². The van der Waals surface area contributed by atoms with Gasteiger partial charge in [-0.2, -0.15) is 5.10 Å². The summed E-state index contributed by atoms with van der Waals surface area (Å²) in [4.78, 5) is 12.6. The molecule has 0 aliphatic rings. The highest BCUT2D eigenvalue weighted by atomic mass is 32.1. The van der Waals surface area contributed by atoms with Crippen LogP contribution in [0.25, 0.3) is 0 Å². The van der Waals surface area contributed by atoms with E-state index in [1.54, 1.807) is 24.1 Å². The maximum Gasteiger partial charge on any atom is 0.267 e. The third kappa shape index (κ3) is 2.77. The Labute approximate surface area is 109 Å². The van der Waals surface area contributed by atoms with E-state index in [4.69, 9.17) is 5.73 Å². The minimum absolute atomic E-state index is 0.181. The fourth-order valence-electron chi connectivity index (χ4n) is 1.40. The highest BCUT2D eigenvalue weighted by Crippen LogP contribution is 2.17. The van der Waals surface area contributed by atoms with Crippen LogP contribution < -0.4 is 11.1 Å². The van der Waals surface area contributed by atoms with Gasteiger partial charge in [0.25, 0.3) is 5.91 Å². The number of nitrogens with two attached hydrogens (primary N) is 1. The smallest absolute Gasteiger partial charge is 0.267 e. The zero-order valence-corrected chi connectivity index (χ0v) is 10.6. The number of amides is 1. The van der Waals surface area contributed by atoms with Crippen LogP contribution in [0, 0.1) is 11.8 Å². The van der Waals surface area contributed by atoms with E-state index in [0.29, 0.717) is 16.1 Å². The Morgan fingerprint density at radius 1 is 1.67 bits per heavy atom. The second-order valence-electron chi connectivity index (χ2n) is 3.53. The van der Waals surface area contributed by atoms with Crippen LogP contribution in [0.15, 0.2) is 23.8 Å². The molecule has 0 aliphatic heterocycles. The number of nitrogens with zero attached hydrogens (tertiary/aromatic N) is 2. The van der Waals surface area contributed by atoms with Crippen molar-refractivity contribution in [1.82, 2.24) is 9.78 Å². The quantitative estimate of drug-likeness (QED) is 0.793.